The predicted octanol–water partition coefficient (Wildman–Crippen LogP) is 4.43. The van der Waals surface area contributed by atoms with E-state index >= 15 is 0 Å². The first-order chi connectivity index (χ1) is 11.2. The zero-order chi connectivity index (χ0) is 16.5. The molecule has 2 aromatic rings. The van der Waals surface area contributed by atoms with Crippen molar-refractivity contribution in [2.24, 2.45) is 0 Å². The second kappa shape index (κ2) is 9.11. The van der Waals surface area contributed by atoms with E-state index < -0.39 is 8.09 Å². The highest BCUT2D eigenvalue weighted by Gasteiger charge is 2.48. The van der Waals surface area contributed by atoms with Crippen LogP contribution in [0.15, 0.2) is 60.7 Å². The van der Waals surface area contributed by atoms with Crippen LogP contribution in [0.25, 0.3) is 0 Å². The Morgan fingerprint density at radius 2 is 1.17 bits per heavy atom. The molecule has 0 saturated carbocycles. The molecule has 0 fully saturated rings. The van der Waals surface area contributed by atoms with Crippen LogP contribution in [0, 0.1) is 0 Å². The summed E-state index contributed by atoms with van der Waals surface area (Å²) in [6.07, 6.45) is 0. The fourth-order valence-electron chi connectivity index (χ4n) is 2.25. The average molecular weight is 334 g/mol. The van der Waals surface area contributed by atoms with Gasteiger partial charge in [-0.05, 0) is 25.0 Å². The van der Waals surface area contributed by atoms with E-state index in [2.05, 4.69) is 0 Å². The van der Waals surface area contributed by atoms with Crippen LogP contribution in [-0.4, -0.2) is 22.7 Å². The van der Waals surface area contributed by atoms with Gasteiger partial charge in [0.15, 0.2) is 0 Å². The third-order valence-corrected chi connectivity index (χ3v) is 5.78. The normalized spacial score (nSPS) is 11.8. The lowest BCUT2D eigenvalue weighted by molar-refractivity contribution is 0.116. The van der Waals surface area contributed by atoms with Gasteiger partial charge in [-0.2, -0.15) is 13.9 Å². The van der Waals surface area contributed by atoms with Crippen LogP contribution in [0.3, 0.4) is 0 Å². The van der Waals surface area contributed by atoms with Crippen LogP contribution in [0.1, 0.15) is 25.0 Å². The molecule has 0 spiro atoms. The minimum Gasteiger partial charge on any atom is -0.177 e. The molecule has 124 valence electrons. The van der Waals surface area contributed by atoms with Crippen LogP contribution < -0.4 is 0 Å². The maximum Gasteiger partial charge on any atom is 0.502 e. The van der Waals surface area contributed by atoms with E-state index in [0.29, 0.717) is 26.3 Å². The number of benzene rings is 2. The molecule has 0 saturated heterocycles. The van der Waals surface area contributed by atoms with Crippen molar-refractivity contribution in [1.82, 2.24) is 4.67 Å². The molecule has 0 unspecified atom stereocenters. The predicted molar refractivity (Wildman–Crippen MR) is 94.5 cm³/mol. The maximum atomic E-state index is 11.0. The first kappa shape index (κ1) is 18.1. The summed E-state index contributed by atoms with van der Waals surface area (Å²) in [5.41, 5.74) is 2.03. The monoisotopic (exact) mass is 334 g/mol. The molecular formula is C18H25NO3P+. The number of hydrogen-bond acceptors (Lipinski definition) is 4. The van der Waals surface area contributed by atoms with Crippen molar-refractivity contribution in [3.05, 3.63) is 71.8 Å². The fourth-order valence-corrected chi connectivity index (χ4v) is 4.00. The molecule has 0 amide bonds. The summed E-state index contributed by atoms with van der Waals surface area (Å²) in [5, 5.41) is 0. The quantitative estimate of drug-likeness (QED) is 0.689. The van der Waals surface area contributed by atoms with E-state index in [0.717, 1.165) is 11.1 Å². The Balaban J connectivity index is 2.05. The van der Waals surface area contributed by atoms with Gasteiger partial charge in [0.2, 0.25) is 0 Å². The van der Waals surface area contributed by atoms with Crippen molar-refractivity contribution in [1.29, 1.82) is 0 Å². The van der Waals surface area contributed by atoms with E-state index in [1.165, 1.54) is 0 Å². The molecule has 0 aromatic heterocycles. The Morgan fingerprint density at radius 3 is 1.52 bits per heavy atom. The molecule has 4 nitrogen and oxygen atoms in total. The number of rotatable bonds is 9. The lowest BCUT2D eigenvalue weighted by Gasteiger charge is -2.25. The van der Waals surface area contributed by atoms with Gasteiger partial charge in [-0.1, -0.05) is 60.7 Å². The standard InChI is InChI=1S/C18H25NO3P/c1-3-19(4-2)23(20,21-15-17-11-7-5-8-12-17)22-16-18-13-9-6-10-14-18/h5-14,20H,3-4,15-16H2,1-2H3/q+1. The highest BCUT2D eigenvalue weighted by Crippen LogP contribution is 2.61. The average Bonchev–Trinajstić information content (AvgIpc) is 2.61. The minimum absolute atomic E-state index is 0.330. The maximum absolute atomic E-state index is 11.0. The van der Waals surface area contributed by atoms with E-state index in [1.807, 2.05) is 79.2 Å². The van der Waals surface area contributed by atoms with Crippen molar-refractivity contribution < 1.29 is 13.9 Å². The summed E-state index contributed by atoms with van der Waals surface area (Å²) >= 11 is 0. The van der Waals surface area contributed by atoms with Gasteiger partial charge in [-0.25, -0.2) is 0 Å². The van der Waals surface area contributed by atoms with Gasteiger partial charge in [0, 0.05) is 13.1 Å². The molecule has 2 rings (SSSR count). The number of nitrogens with zero attached hydrogens (tertiary/aromatic N) is 1. The molecule has 0 heterocycles. The van der Waals surface area contributed by atoms with Crippen LogP contribution in [-0.2, 0) is 22.3 Å². The summed E-state index contributed by atoms with van der Waals surface area (Å²) < 4.78 is 13.6. The second-order valence-corrected chi connectivity index (χ2v) is 7.21. The molecule has 5 heteroatoms. The van der Waals surface area contributed by atoms with Gasteiger partial charge in [-0.3, -0.25) is 0 Å². The van der Waals surface area contributed by atoms with Crippen molar-refractivity contribution in [3.8, 4) is 0 Å². The van der Waals surface area contributed by atoms with Gasteiger partial charge < -0.3 is 0 Å². The van der Waals surface area contributed by atoms with Gasteiger partial charge >= 0.3 is 8.09 Å². The Morgan fingerprint density at radius 1 is 0.783 bits per heavy atom. The molecule has 0 aliphatic rings. The van der Waals surface area contributed by atoms with Gasteiger partial charge in [0.25, 0.3) is 0 Å². The first-order valence-corrected chi connectivity index (χ1v) is 9.45. The third kappa shape index (κ3) is 5.38. The Hall–Kier alpha value is -1.29. The van der Waals surface area contributed by atoms with Gasteiger partial charge in [0.05, 0.1) is 0 Å². The molecule has 1 N–H and O–H groups in total. The summed E-state index contributed by atoms with van der Waals surface area (Å²) in [6.45, 7) is 5.99. The van der Waals surface area contributed by atoms with Crippen molar-refractivity contribution in [2.45, 2.75) is 27.1 Å². The molecule has 0 aliphatic carbocycles. The summed E-state index contributed by atoms with van der Waals surface area (Å²) in [5.74, 6) is 0. The van der Waals surface area contributed by atoms with Crippen molar-refractivity contribution >= 4 is 8.09 Å². The van der Waals surface area contributed by atoms with E-state index in [-0.39, 0.29) is 0 Å². The third-order valence-electron chi connectivity index (χ3n) is 3.57. The van der Waals surface area contributed by atoms with Crippen LogP contribution in [0.4, 0.5) is 0 Å². The second-order valence-electron chi connectivity index (χ2n) is 5.15. The van der Waals surface area contributed by atoms with E-state index in [9.17, 15) is 4.89 Å². The highest BCUT2D eigenvalue weighted by atomic mass is 31.2. The van der Waals surface area contributed by atoms with Crippen LogP contribution >= 0.6 is 8.09 Å². The number of hydrogen-bond donors (Lipinski definition) is 1. The van der Waals surface area contributed by atoms with E-state index in [4.69, 9.17) is 9.05 Å². The van der Waals surface area contributed by atoms with Crippen LogP contribution in [0.2, 0.25) is 0 Å². The molecule has 23 heavy (non-hydrogen) atoms. The lowest BCUT2D eigenvalue weighted by atomic mass is 10.2. The molecule has 0 bridgehead atoms. The van der Waals surface area contributed by atoms with Gasteiger partial charge in [-0.15, -0.1) is 4.67 Å². The zero-order valence-corrected chi connectivity index (χ0v) is 14.7. The summed E-state index contributed by atoms with van der Waals surface area (Å²) in [4.78, 5) is 11.0. The SMILES string of the molecule is CCN(CC)[P+](O)(OCc1ccccc1)OCc1ccccc1. The molecule has 2 aromatic carbocycles. The zero-order valence-electron chi connectivity index (χ0n) is 13.8. The largest absolute Gasteiger partial charge is 0.502 e. The first-order valence-electron chi connectivity index (χ1n) is 7.92. The Bertz CT molecular complexity index is 517. The van der Waals surface area contributed by atoms with Crippen molar-refractivity contribution in [3.63, 3.8) is 0 Å². The van der Waals surface area contributed by atoms with Crippen LogP contribution in [0.5, 0.6) is 0 Å². The Labute approximate surface area is 139 Å². The fraction of sp³-hybridized carbons (Fsp3) is 0.333. The molecular weight excluding hydrogens is 309 g/mol. The summed E-state index contributed by atoms with van der Waals surface area (Å²) in [6, 6.07) is 19.6. The summed E-state index contributed by atoms with van der Waals surface area (Å²) in [7, 11) is -3.08. The Kier molecular flexibility index (Phi) is 7.15. The molecule has 0 radical (unpaired) electrons. The van der Waals surface area contributed by atoms with E-state index in [1.54, 1.807) is 0 Å². The molecule has 0 aliphatic heterocycles. The van der Waals surface area contributed by atoms with Gasteiger partial charge in [0.1, 0.15) is 13.2 Å². The highest BCUT2D eigenvalue weighted by molar-refractivity contribution is 7.58. The smallest absolute Gasteiger partial charge is 0.177 e. The molecule has 0 atom stereocenters. The topological polar surface area (TPSA) is 41.9 Å². The minimum atomic E-state index is -3.08. The van der Waals surface area contributed by atoms with Crippen molar-refractivity contribution in [2.75, 3.05) is 13.1 Å². The lowest BCUT2D eigenvalue weighted by Crippen LogP contribution is -2.26.